The Bertz CT molecular complexity index is 374. The maximum atomic E-state index is 11.3. The van der Waals surface area contributed by atoms with Gasteiger partial charge in [-0.1, -0.05) is 0 Å². The fraction of sp³-hybridized carbons (Fsp3) is 0.500. The first-order valence-electron chi connectivity index (χ1n) is 5.73. The van der Waals surface area contributed by atoms with Gasteiger partial charge in [-0.3, -0.25) is 9.59 Å². The number of carboxylic acids is 1. The summed E-state index contributed by atoms with van der Waals surface area (Å²) in [6.45, 7) is 0.232. The van der Waals surface area contributed by atoms with Crippen LogP contribution in [0.3, 0.4) is 0 Å². The van der Waals surface area contributed by atoms with Gasteiger partial charge in [-0.2, -0.15) is 0 Å². The summed E-state index contributed by atoms with van der Waals surface area (Å²) in [4.78, 5) is 21.6. The number of carbonyl (C=O) groups excluding carboxylic acids is 1. The number of carboxylic acid groups (broad SMARTS) is 1. The van der Waals surface area contributed by atoms with E-state index in [4.69, 9.17) is 14.6 Å². The fourth-order valence-corrected chi connectivity index (χ4v) is 1.48. The molecule has 0 saturated carbocycles. The molecule has 1 atom stereocenters. The topological polar surface area (TPSA) is 99.8 Å². The molecule has 1 aromatic heterocycles. The van der Waals surface area contributed by atoms with Crippen molar-refractivity contribution in [1.82, 2.24) is 5.32 Å². The van der Waals surface area contributed by atoms with Gasteiger partial charge in [0.1, 0.15) is 5.76 Å². The van der Waals surface area contributed by atoms with Gasteiger partial charge in [0, 0.05) is 31.9 Å². The van der Waals surface area contributed by atoms with Gasteiger partial charge >= 0.3 is 5.97 Å². The lowest BCUT2D eigenvalue weighted by Gasteiger charge is -2.13. The average Bonchev–Trinajstić information content (AvgIpc) is 2.84. The summed E-state index contributed by atoms with van der Waals surface area (Å²) in [6, 6.07) is 3.56. The van der Waals surface area contributed by atoms with Crippen LogP contribution >= 0.6 is 0 Å². The highest BCUT2D eigenvalue weighted by Gasteiger charge is 2.12. The van der Waals surface area contributed by atoms with Crippen molar-refractivity contribution in [3.05, 3.63) is 24.2 Å². The Morgan fingerprint density at radius 2 is 2.17 bits per heavy atom. The Morgan fingerprint density at radius 1 is 1.39 bits per heavy atom. The number of nitrogens with one attached hydrogen (secondary N) is 1. The average molecular weight is 255 g/mol. The Hall–Kier alpha value is -1.82. The highest BCUT2D eigenvalue weighted by Crippen LogP contribution is 2.08. The molecular weight excluding hydrogens is 238 g/mol. The number of aliphatic hydroxyl groups is 1. The van der Waals surface area contributed by atoms with Crippen LogP contribution in [0.15, 0.2) is 22.8 Å². The Balaban J connectivity index is 2.26. The Morgan fingerprint density at radius 3 is 2.72 bits per heavy atom. The highest BCUT2D eigenvalue weighted by molar-refractivity contribution is 5.80. The molecule has 6 nitrogen and oxygen atoms in total. The van der Waals surface area contributed by atoms with Crippen LogP contribution in [0.5, 0.6) is 0 Å². The van der Waals surface area contributed by atoms with E-state index in [-0.39, 0.29) is 31.3 Å². The molecule has 0 fully saturated rings. The molecule has 1 rings (SSSR count). The van der Waals surface area contributed by atoms with Crippen molar-refractivity contribution in [1.29, 1.82) is 0 Å². The van der Waals surface area contributed by atoms with E-state index in [1.54, 1.807) is 18.4 Å². The molecule has 18 heavy (non-hydrogen) atoms. The van der Waals surface area contributed by atoms with E-state index in [1.165, 1.54) is 0 Å². The number of amides is 1. The molecule has 0 aliphatic heterocycles. The van der Waals surface area contributed by atoms with Crippen molar-refractivity contribution in [2.24, 2.45) is 5.92 Å². The summed E-state index contributed by atoms with van der Waals surface area (Å²) in [5, 5.41) is 20.2. The maximum Gasteiger partial charge on any atom is 0.303 e. The van der Waals surface area contributed by atoms with Gasteiger partial charge in [-0.25, -0.2) is 0 Å². The molecule has 6 heteroatoms. The summed E-state index contributed by atoms with van der Waals surface area (Å²) in [7, 11) is 0. The van der Waals surface area contributed by atoms with Gasteiger partial charge in [0.05, 0.1) is 12.7 Å². The van der Waals surface area contributed by atoms with Gasteiger partial charge in [0.15, 0.2) is 0 Å². The third kappa shape index (κ3) is 5.49. The lowest BCUT2D eigenvalue weighted by atomic mass is 10.1. The minimum atomic E-state index is -1.00. The third-order valence-electron chi connectivity index (χ3n) is 2.48. The van der Waals surface area contributed by atoms with Crippen LogP contribution in [0.25, 0.3) is 0 Å². The van der Waals surface area contributed by atoms with Crippen molar-refractivity contribution in [2.75, 3.05) is 13.2 Å². The number of aliphatic carboxylic acids is 1. The van der Waals surface area contributed by atoms with E-state index in [1.807, 2.05) is 0 Å². The lowest BCUT2D eigenvalue weighted by Crippen LogP contribution is -2.31. The van der Waals surface area contributed by atoms with E-state index in [0.717, 1.165) is 5.76 Å². The second kappa shape index (κ2) is 7.50. The van der Waals surface area contributed by atoms with Crippen LogP contribution in [-0.2, 0) is 16.0 Å². The Kier molecular flexibility index (Phi) is 5.93. The Labute approximate surface area is 105 Å². The zero-order chi connectivity index (χ0) is 13.4. The lowest BCUT2D eigenvalue weighted by molar-refractivity contribution is -0.138. The molecule has 0 saturated heterocycles. The molecule has 1 amide bonds. The zero-order valence-electron chi connectivity index (χ0n) is 9.96. The first-order chi connectivity index (χ1) is 8.61. The number of hydrogen-bond donors (Lipinski definition) is 3. The molecule has 3 N–H and O–H groups in total. The van der Waals surface area contributed by atoms with Crippen LogP contribution in [0.1, 0.15) is 18.6 Å². The van der Waals surface area contributed by atoms with Crippen LogP contribution in [0, 0.1) is 5.92 Å². The van der Waals surface area contributed by atoms with Crippen LogP contribution in [0.4, 0.5) is 0 Å². The first-order valence-corrected chi connectivity index (χ1v) is 5.73. The summed E-state index contributed by atoms with van der Waals surface area (Å²) < 4.78 is 5.15. The van der Waals surface area contributed by atoms with E-state index in [2.05, 4.69) is 5.32 Å². The second-order valence-corrected chi connectivity index (χ2v) is 4.03. The molecule has 100 valence electrons. The monoisotopic (exact) mass is 255 g/mol. The van der Waals surface area contributed by atoms with Crippen molar-refractivity contribution in [3.8, 4) is 0 Å². The van der Waals surface area contributed by atoms with Crippen molar-refractivity contribution < 1.29 is 24.2 Å². The molecular formula is C12H17NO5. The number of aliphatic hydroxyl groups excluding tert-OH is 1. The number of rotatable bonds is 8. The normalized spacial score (nSPS) is 12.1. The van der Waals surface area contributed by atoms with Gasteiger partial charge in [0.25, 0.3) is 0 Å². The van der Waals surface area contributed by atoms with Crippen LogP contribution in [-0.4, -0.2) is 35.2 Å². The van der Waals surface area contributed by atoms with Crippen molar-refractivity contribution in [2.45, 2.75) is 19.3 Å². The van der Waals surface area contributed by atoms with Crippen molar-refractivity contribution >= 4 is 11.9 Å². The first kappa shape index (κ1) is 14.2. The number of carbonyl (C=O) groups is 2. The molecule has 1 aromatic rings. The van der Waals surface area contributed by atoms with E-state index < -0.39 is 5.97 Å². The smallest absolute Gasteiger partial charge is 0.303 e. The van der Waals surface area contributed by atoms with E-state index in [0.29, 0.717) is 13.0 Å². The van der Waals surface area contributed by atoms with Gasteiger partial charge < -0.3 is 19.9 Å². The van der Waals surface area contributed by atoms with Crippen molar-refractivity contribution in [3.63, 3.8) is 0 Å². The minimum Gasteiger partial charge on any atom is -0.481 e. The highest BCUT2D eigenvalue weighted by atomic mass is 16.4. The summed E-state index contributed by atoms with van der Waals surface area (Å²) in [5.74, 6) is -0.714. The third-order valence-corrected chi connectivity index (χ3v) is 2.48. The molecule has 0 radical (unpaired) electrons. The molecule has 1 heterocycles. The number of hydrogen-bond acceptors (Lipinski definition) is 4. The summed E-state index contributed by atoms with van der Waals surface area (Å²) in [6.07, 6.45) is 1.85. The van der Waals surface area contributed by atoms with Crippen LogP contribution < -0.4 is 5.32 Å². The van der Waals surface area contributed by atoms with Crippen LogP contribution in [0.2, 0.25) is 0 Å². The summed E-state index contributed by atoms with van der Waals surface area (Å²) in [5.41, 5.74) is 0. The predicted octanol–water partition coefficient (Wildman–Crippen LogP) is 0.412. The molecule has 0 aliphatic carbocycles. The second-order valence-electron chi connectivity index (χ2n) is 4.03. The molecule has 0 bridgehead atoms. The number of furan rings is 1. The predicted molar refractivity (Wildman–Crippen MR) is 62.9 cm³/mol. The minimum absolute atomic E-state index is 0.0474. The standard InChI is InChI=1S/C12H17NO5/c14-8-9(6-10-2-1-5-18-10)7-13-11(15)3-4-12(16)17/h1-2,5,9,14H,3-4,6-8H2,(H,13,15)(H,16,17)/t9-/m0/s1. The summed E-state index contributed by atoms with van der Waals surface area (Å²) >= 11 is 0. The van der Waals surface area contributed by atoms with Gasteiger partial charge in [-0.15, -0.1) is 0 Å². The molecule has 0 spiro atoms. The fourth-order valence-electron chi connectivity index (χ4n) is 1.48. The SMILES string of the molecule is O=C(O)CCC(=O)NC[C@@H](CO)Cc1ccco1. The van der Waals surface area contributed by atoms with Gasteiger partial charge in [0.2, 0.25) is 5.91 Å². The molecule has 0 aromatic carbocycles. The molecule has 0 aliphatic rings. The molecule has 0 unspecified atom stereocenters. The largest absolute Gasteiger partial charge is 0.481 e. The van der Waals surface area contributed by atoms with Gasteiger partial charge in [-0.05, 0) is 12.1 Å². The van der Waals surface area contributed by atoms with E-state index in [9.17, 15) is 9.59 Å². The zero-order valence-corrected chi connectivity index (χ0v) is 9.96. The quantitative estimate of drug-likeness (QED) is 0.624. The maximum absolute atomic E-state index is 11.3. The van der Waals surface area contributed by atoms with E-state index >= 15 is 0 Å².